The van der Waals surface area contributed by atoms with Crippen LogP contribution in [0.15, 0.2) is 66.3 Å². The van der Waals surface area contributed by atoms with Gasteiger partial charge in [-0.2, -0.15) is 0 Å². The van der Waals surface area contributed by atoms with Crippen LogP contribution in [0.4, 0.5) is 5.69 Å². The number of nitrogens with one attached hydrogen (secondary N) is 3. The maximum absolute atomic E-state index is 12.8. The lowest BCUT2D eigenvalue weighted by Gasteiger charge is -2.31. The molecule has 0 bridgehead atoms. The van der Waals surface area contributed by atoms with Gasteiger partial charge in [-0.15, -0.1) is 0 Å². The number of anilines is 1. The fourth-order valence-corrected chi connectivity index (χ4v) is 3.82. The highest BCUT2D eigenvalue weighted by atomic mass is 16.5. The van der Waals surface area contributed by atoms with Crippen molar-refractivity contribution >= 4 is 28.5 Å². The van der Waals surface area contributed by atoms with E-state index in [4.69, 9.17) is 10.6 Å². The fourth-order valence-electron chi connectivity index (χ4n) is 3.82. The molecule has 0 fully saturated rings. The van der Waals surface area contributed by atoms with Gasteiger partial charge in [-0.1, -0.05) is 32.1 Å². The third-order valence-corrected chi connectivity index (χ3v) is 5.59. The summed E-state index contributed by atoms with van der Waals surface area (Å²) in [5, 5.41) is 2.92. The van der Waals surface area contributed by atoms with Crippen LogP contribution in [0, 0.1) is 11.3 Å². The molecular weight excluding hydrogens is 406 g/mol. The highest BCUT2D eigenvalue weighted by Crippen LogP contribution is 2.35. The maximum Gasteiger partial charge on any atom is 0.255 e. The number of rotatable bonds is 5. The third kappa shape index (κ3) is 4.13. The number of hydrogen-bond acceptors (Lipinski definition) is 5. The first kappa shape index (κ1) is 21.3. The molecule has 32 heavy (non-hydrogen) atoms. The standard InChI is InChI=1S/C24H25N5O3/c1-24(2)13-15(6-10-18(24)23(31)29-25)22(30)26-16-7-11-19-20(12-16)28-21(27-19)14-4-8-17(32-3)9-5-14/h4-13,18H,25H2,1-3H3,(H,26,30)(H,27,28)(H,29,31). The summed E-state index contributed by atoms with van der Waals surface area (Å²) in [5.74, 6) is 5.79. The highest BCUT2D eigenvalue weighted by molar-refractivity contribution is 6.07. The summed E-state index contributed by atoms with van der Waals surface area (Å²) in [6.45, 7) is 3.78. The van der Waals surface area contributed by atoms with Crippen molar-refractivity contribution in [1.82, 2.24) is 15.4 Å². The lowest BCUT2D eigenvalue weighted by molar-refractivity contribution is -0.126. The summed E-state index contributed by atoms with van der Waals surface area (Å²) in [5.41, 5.74) is 5.29. The van der Waals surface area contributed by atoms with Crippen molar-refractivity contribution in [3.8, 4) is 17.1 Å². The zero-order valence-corrected chi connectivity index (χ0v) is 18.1. The second-order valence-corrected chi connectivity index (χ2v) is 8.27. The minimum absolute atomic E-state index is 0.254. The predicted octanol–water partition coefficient (Wildman–Crippen LogP) is 3.31. The molecule has 0 saturated carbocycles. The number of hydrogen-bond donors (Lipinski definition) is 4. The Morgan fingerprint density at radius 2 is 1.91 bits per heavy atom. The summed E-state index contributed by atoms with van der Waals surface area (Å²) in [4.78, 5) is 32.7. The van der Waals surface area contributed by atoms with Gasteiger partial charge in [0.2, 0.25) is 5.91 Å². The van der Waals surface area contributed by atoms with Crippen molar-refractivity contribution in [3.05, 3.63) is 66.3 Å². The molecule has 8 heteroatoms. The predicted molar refractivity (Wildman–Crippen MR) is 124 cm³/mol. The van der Waals surface area contributed by atoms with E-state index in [-0.39, 0.29) is 11.8 Å². The molecule has 0 spiro atoms. The number of nitrogens with two attached hydrogens (primary N) is 1. The van der Waals surface area contributed by atoms with Gasteiger partial charge in [0.05, 0.1) is 24.1 Å². The van der Waals surface area contributed by atoms with E-state index in [1.54, 1.807) is 25.3 Å². The monoisotopic (exact) mass is 431 g/mol. The number of H-pyrrole nitrogens is 1. The van der Waals surface area contributed by atoms with E-state index in [1.807, 2.05) is 56.3 Å². The van der Waals surface area contributed by atoms with Gasteiger partial charge in [0.1, 0.15) is 11.6 Å². The van der Waals surface area contributed by atoms with Crippen LogP contribution in [0.1, 0.15) is 13.8 Å². The average molecular weight is 431 g/mol. The first-order valence-electron chi connectivity index (χ1n) is 10.2. The van der Waals surface area contributed by atoms with Crippen LogP contribution in [0.2, 0.25) is 0 Å². The van der Waals surface area contributed by atoms with Crippen molar-refractivity contribution in [2.45, 2.75) is 13.8 Å². The molecule has 0 saturated heterocycles. The summed E-state index contributed by atoms with van der Waals surface area (Å²) in [6.07, 6.45) is 5.14. The van der Waals surface area contributed by atoms with Gasteiger partial charge in [-0.05, 0) is 47.9 Å². The second-order valence-electron chi connectivity index (χ2n) is 8.27. The number of benzene rings is 2. The van der Waals surface area contributed by atoms with Crippen LogP contribution in [0.5, 0.6) is 5.75 Å². The minimum atomic E-state index is -0.550. The normalized spacial score (nSPS) is 17.0. The Morgan fingerprint density at radius 1 is 1.16 bits per heavy atom. The average Bonchev–Trinajstić information content (AvgIpc) is 3.21. The molecule has 1 aliphatic carbocycles. The lowest BCUT2D eigenvalue weighted by atomic mass is 9.74. The van der Waals surface area contributed by atoms with Crippen LogP contribution in [0.3, 0.4) is 0 Å². The minimum Gasteiger partial charge on any atom is -0.497 e. The van der Waals surface area contributed by atoms with Gasteiger partial charge in [0, 0.05) is 16.8 Å². The van der Waals surface area contributed by atoms with Gasteiger partial charge in [-0.25, -0.2) is 10.8 Å². The van der Waals surface area contributed by atoms with E-state index in [1.165, 1.54) is 0 Å². The zero-order valence-electron chi connectivity index (χ0n) is 18.1. The van der Waals surface area contributed by atoms with E-state index in [2.05, 4.69) is 20.7 Å². The van der Waals surface area contributed by atoms with Crippen molar-refractivity contribution in [2.24, 2.45) is 17.2 Å². The molecule has 1 heterocycles. The lowest BCUT2D eigenvalue weighted by Crippen LogP contribution is -2.42. The number of imidazole rings is 1. The number of carbonyl (C=O) groups is 2. The molecule has 1 aromatic heterocycles. The Bertz CT molecular complexity index is 1240. The van der Waals surface area contributed by atoms with Gasteiger partial charge in [-0.3, -0.25) is 15.0 Å². The topological polar surface area (TPSA) is 122 Å². The largest absolute Gasteiger partial charge is 0.497 e. The molecule has 2 aromatic carbocycles. The molecule has 0 radical (unpaired) electrons. The van der Waals surface area contributed by atoms with E-state index < -0.39 is 11.3 Å². The quantitative estimate of drug-likeness (QED) is 0.280. The van der Waals surface area contributed by atoms with Gasteiger partial charge in [0.25, 0.3) is 5.91 Å². The smallest absolute Gasteiger partial charge is 0.255 e. The van der Waals surface area contributed by atoms with E-state index in [0.717, 1.165) is 28.2 Å². The van der Waals surface area contributed by atoms with Crippen LogP contribution >= 0.6 is 0 Å². The number of ether oxygens (including phenoxy) is 1. The number of hydrazine groups is 1. The third-order valence-electron chi connectivity index (χ3n) is 5.59. The van der Waals surface area contributed by atoms with Crippen molar-refractivity contribution in [3.63, 3.8) is 0 Å². The SMILES string of the molecule is COc1ccc(-c2nc3ccc(NC(=O)C4=CC(C)(C)C(C(=O)NN)C=C4)cc3[nH]2)cc1. The summed E-state index contributed by atoms with van der Waals surface area (Å²) in [6, 6.07) is 13.1. The van der Waals surface area contributed by atoms with Crippen molar-refractivity contribution < 1.29 is 14.3 Å². The molecule has 1 atom stereocenters. The highest BCUT2D eigenvalue weighted by Gasteiger charge is 2.34. The summed E-state index contributed by atoms with van der Waals surface area (Å²) >= 11 is 0. The number of carbonyl (C=O) groups excluding carboxylic acids is 2. The van der Waals surface area contributed by atoms with Crippen LogP contribution in [-0.2, 0) is 9.59 Å². The Hall–Kier alpha value is -3.91. The van der Waals surface area contributed by atoms with E-state index in [0.29, 0.717) is 11.3 Å². The Morgan fingerprint density at radius 3 is 2.56 bits per heavy atom. The number of aromatic amines is 1. The van der Waals surface area contributed by atoms with Gasteiger partial charge < -0.3 is 15.0 Å². The number of nitrogens with zero attached hydrogens (tertiary/aromatic N) is 1. The first-order chi connectivity index (χ1) is 15.3. The van der Waals surface area contributed by atoms with Gasteiger partial charge >= 0.3 is 0 Å². The Kier molecular flexibility index (Phi) is 5.54. The molecular formula is C24H25N5O3. The molecule has 2 amide bonds. The zero-order chi connectivity index (χ0) is 22.9. The first-order valence-corrected chi connectivity index (χ1v) is 10.2. The fraction of sp³-hybridized carbons (Fsp3) is 0.208. The summed E-state index contributed by atoms with van der Waals surface area (Å²) < 4.78 is 5.20. The molecule has 1 aliphatic rings. The van der Waals surface area contributed by atoms with Crippen LogP contribution in [-0.4, -0.2) is 28.9 Å². The molecule has 1 unspecified atom stereocenters. The van der Waals surface area contributed by atoms with E-state index in [9.17, 15) is 9.59 Å². The molecule has 3 aromatic rings. The number of methoxy groups -OCH3 is 1. The number of amides is 2. The van der Waals surface area contributed by atoms with Crippen molar-refractivity contribution in [2.75, 3.05) is 12.4 Å². The molecule has 0 aliphatic heterocycles. The molecule has 5 N–H and O–H groups in total. The molecule has 4 rings (SSSR count). The second kappa shape index (κ2) is 8.32. The Balaban J connectivity index is 1.53. The number of fused-ring (bicyclic) bond motifs is 1. The van der Waals surface area contributed by atoms with Crippen LogP contribution < -0.4 is 21.3 Å². The van der Waals surface area contributed by atoms with Gasteiger partial charge in [0.15, 0.2) is 0 Å². The summed E-state index contributed by atoms with van der Waals surface area (Å²) in [7, 11) is 1.63. The molecule has 164 valence electrons. The number of allylic oxidation sites excluding steroid dienone is 1. The Labute approximate surface area is 185 Å². The number of aromatic nitrogens is 2. The van der Waals surface area contributed by atoms with Crippen molar-refractivity contribution in [1.29, 1.82) is 0 Å². The van der Waals surface area contributed by atoms with E-state index >= 15 is 0 Å². The van der Waals surface area contributed by atoms with Crippen LogP contribution in [0.25, 0.3) is 22.4 Å². The molecule has 8 nitrogen and oxygen atoms in total. The maximum atomic E-state index is 12.8.